The van der Waals surface area contributed by atoms with Crippen LogP contribution in [0.5, 0.6) is 0 Å². The van der Waals surface area contributed by atoms with Crippen LogP contribution >= 0.6 is 0 Å². The van der Waals surface area contributed by atoms with Crippen molar-refractivity contribution in [3.8, 4) is 0 Å². The van der Waals surface area contributed by atoms with E-state index in [2.05, 4.69) is 32.7 Å². The Hall–Kier alpha value is -1.55. The molecule has 156 valence electrons. The number of amides is 1. The third-order valence-electron chi connectivity index (χ3n) is 4.99. The average Bonchev–Trinajstić information content (AvgIpc) is 2.65. The zero-order chi connectivity index (χ0) is 20.5. The van der Waals surface area contributed by atoms with E-state index < -0.39 is 0 Å². The van der Waals surface area contributed by atoms with Gasteiger partial charge in [0.15, 0.2) is 0 Å². The van der Waals surface area contributed by atoms with Crippen molar-refractivity contribution in [2.24, 2.45) is 23.3 Å². The van der Waals surface area contributed by atoms with Gasteiger partial charge in [0.25, 0.3) is 0 Å². The number of unbranched alkanes of at least 4 members (excludes halogenated alkanes) is 4. The molecule has 3 unspecified atom stereocenters. The Kier molecular flexibility index (Phi) is 15.7. The third-order valence-corrected chi connectivity index (χ3v) is 4.99. The summed E-state index contributed by atoms with van der Waals surface area (Å²) in [6.45, 7) is 10.9. The molecule has 0 saturated carbocycles. The fraction of sp³-hybridized carbons (Fsp3) is 0.696. The Morgan fingerprint density at radius 3 is 2.37 bits per heavy atom. The molecule has 0 aromatic heterocycles. The zero-order valence-corrected chi connectivity index (χ0v) is 17.9. The number of rotatable bonds is 16. The number of hydrogen-bond acceptors (Lipinski definition) is 3. The molecule has 4 heteroatoms. The van der Waals surface area contributed by atoms with Crippen molar-refractivity contribution in [3.05, 3.63) is 36.6 Å². The van der Waals surface area contributed by atoms with Gasteiger partial charge in [-0.3, -0.25) is 4.79 Å². The van der Waals surface area contributed by atoms with Crippen LogP contribution in [0.2, 0.25) is 0 Å². The van der Waals surface area contributed by atoms with Crippen molar-refractivity contribution in [2.45, 2.75) is 84.6 Å². The van der Waals surface area contributed by atoms with Gasteiger partial charge in [-0.1, -0.05) is 78.0 Å². The quantitative estimate of drug-likeness (QED) is 0.266. The molecule has 0 spiro atoms. The van der Waals surface area contributed by atoms with Crippen molar-refractivity contribution in [2.75, 3.05) is 6.54 Å². The SMILES string of the molecule is C=C/C=C(\C=C/N)C(N)CC(C)CNC(=O)C(CCCC)CCCCCC. The summed E-state index contributed by atoms with van der Waals surface area (Å²) in [4.78, 5) is 12.6. The molecule has 0 bridgehead atoms. The predicted octanol–water partition coefficient (Wildman–Crippen LogP) is 4.82. The lowest BCUT2D eigenvalue weighted by atomic mass is 9.93. The van der Waals surface area contributed by atoms with E-state index in [1.54, 1.807) is 6.08 Å². The molecule has 0 aliphatic heterocycles. The molecule has 0 aliphatic carbocycles. The molecule has 3 atom stereocenters. The van der Waals surface area contributed by atoms with Crippen molar-refractivity contribution in [3.63, 3.8) is 0 Å². The summed E-state index contributed by atoms with van der Waals surface area (Å²) in [5.74, 6) is 0.665. The van der Waals surface area contributed by atoms with E-state index in [1.807, 2.05) is 12.2 Å². The number of carbonyl (C=O) groups is 1. The molecule has 5 N–H and O–H groups in total. The summed E-state index contributed by atoms with van der Waals surface area (Å²) in [6.07, 6.45) is 16.8. The highest BCUT2D eigenvalue weighted by molar-refractivity contribution is 5.78. The summed E-state index contributed by atoms with van der Waals surface area (Å²) in [5.41, 5.74) is 12.7. The summed E-state index contributed by atoms with van der Waals surface area (Å²) in [6, 6.07) is -0.111. The van der Waals surface area contributed by atoms with Crippen LogP contribution in [0.3, 0.4) is 0 Å². The highest BCUT2D eigenvalue weighted by atomic mass is 16.1. The van der Waals surface area contributed by atoms with Gasteiger partial charge < -0.3 is 16.8 Å². The van der Waals surface area contributed by atoms with Crippen LogP contribution in [0.1, 0.15) is 78.6 Å². The lowest BCUT2D eigenvalue weighted by Crippen LogP contribution is -2.36. The summed E-state index contributed by atoms with van der Waals surface area (Å²) < 4.78 is 0. The van der Waals surface area contributed by atoms with E-state index in [-0.39, 0.29) is 17.9 Å². The molecule has 0 heterocycles. The molecule has 0 radical (unpaired) electrons. The Morgan fingerprint density at radius 1 is 1.11 bits per heavy atom. The minimum Gasteiger partial charge on any atom is -0.405 e. The second-order valence-corrected chi connectivity index (χ2v) is 7.64. The Balaban J connectivity index is 4.49. The molecule has 27 heavy (non-hydrogen) atoms. The van der Waals surface area contributed by atoms with Crippen molar-refractivity contribution < 1.29 is 4.79 Å². The van der Waals surface area contributed by atoms with Crippen molar-refractivity contribution in [1.29, 1.82) is 0 Å². The molecule has 0 aromatic rings. The topological polar surface area (TPSA) is 81.1 Å². The van der Waals surface area contributed by atoms with E-state index >= 15 is 0 Å². The highest BCUT2D eigenvalue weighted by Crippen LogP contribution is 2.18. The van der Waals surface area contributed by atoms with Gasteiger partial charge in [-0.05, 0) is 43.0 Å². The van der Waals surface area contributed by atoms with Crippen molar-refractivity contribution >= 4 is 5.91 Å². The van der Waals surface area contributed by atoms with Crippen LogP contribution in [0.15, 0.2) is 36.6 Å². The monoisotopic (exact) mass is 377 g/mol. The first-order valence-corrected chi connectivity index (χ1v) is 10.7. The Bertz CT molecular complexity index is 457. The average molecular weight is 378 g/mol. The first kappa shape index (κ1) is 25.4. The summed E-state index contributed by atoms with van der Waals surface area (Å²) in [5, 5.41) is 3.16. The van der Waals surface area contributed by atoms with Gasteiger partial charge in [-0.2, -0.15) is 0 Å². The van der Waals surface area contributed by atoms with Gasteiger partial charge in [0, 0.05) is 18.5 Å². The lowest BCUT2D eigenvalue weighted by molar-refractivity contribution is -0.125. The second-order valence-electron chi connectivity index (χ2n) is 7.64. The first-order valence-electron chi connectivity index (χ1n) is 10.7. The van der Waals surface area contributed by atoms with E-state index in [0.717, 1.165) is 44.1 Å². The van der Waals surface area contributed by atoms with Gasteiger partial charge in [0.2, 0.25) is 5.91 Å². The molecular weight excluding hydrogens is 334 g/mol. The molecule has 0 rings (SSSR count). The van der Waals surface area contributed by atoms with E-state index in [4.69, 9.17) is 11.5 Å². The zero-order valence-electron chi connectivity index (χ0n) is 17.9. The van der Waals surface area contributed by atoms with Gasteiger partial charge in [0.1, 0.15) is 0 Å². The summed E-state index contributed by atoms with van der Waals surface area (Å²) in [7, 11) is 0. The van der Waals surface area contributed by atoms with Crippen LogP contribution in [-0.4, -0.2) is 18.5 Å². The maximum atomic E-state index is 12.6. The Morgan fingerprint density at radius 2 is 1.78 bits per heavy atom. The standard InChI is InChI=1S/C23H43N3O/c1-5-8-10-11-14-21(13-9-6-2)23(27)26-18-19(4)17-22(25)20(12-7-3)15-16-24/h7,12,15-16,19,21-22H,3,5-6,8-11,13-14,17-18,24-25H2,1-2,4H3,(H,26,27)/b16-15-,20-12+. The fourth-order valence-electron chi connectivity index (χ4n) is 3.30. The fourth-order valence-corrected chi connectivity index (χ4v) is 3.30. The third kappa shape index (κ3) is 12.5. The van der Waals surface area contributed by atoms with Crippen LogP contribution in [0, 0.1) is 11.8 Å². The highest BCUT2D eigenvalue weighted by Gasteiger charge is 2.19. The Labute approximate surface area is 167 Å². The van der Waals surface area contributed by atoms with Crippen LogP contribution in [0.25, 0.3) is 0 Å². The van der Waals surface area contributed by atoms with Crippen LogP contribution in [-0.2, 0) is 4.79 Å². The van der Waals surface area contributed by atoms with Crippen LogP contribution in [0.4, 0.5) is 0 Å². The van der Waals surface area contributed by atoms with Gasteiger partial charge in [-0.25, -0.2) is 0 Å². The summed E-state index contributed by atoms with van der Waals surface area (Å²) >= 11 is 0. The minimum absolute atomic E-state index is 0.111. The first-order chi connectivity index (χ1) is 13.0. The maximum Gasteiger partial charge on any atom is 0.223 e. The van der Waals surface area contributed by atoms with E-state index in [0.29, 0.717) is 12.5 Å². The van der Waals surface area contributed by atoms with E-state index in [9.17, 15) is 4.79 Å². The molecule has 0 saturated heterocycles. The molecule has 0 aliphatic rings. The molecule has 4 nitrogen and oxygen atoms in total. The number of hydrogen-bond donors (Lipinski definition) is 3. The number of nitrogens with two attached hydrogens (primary N) is 2. The minimum atomic E-state index is -0.111. The molecule has 1 amide bonds. The maximum absolute atomic E-state index is 12.6. The number of carbonyl (C=O) groups excluding carboxylic acids is 1. The molecule has 0 fully saturated rings. The largest absolute Gasteiger partial charge is 0.405 e. The van der Waals surface area contributed by atoms with Gasteiger partial charge in [-0.15, -0.1) is 0 Å². The van der Waals surface area contributed by atoms with E-state index in [1.165, 1.54) is 25.5 Å². The lowest BCUT2D eigenvalue weighted by Gasteiger charge is -2.21. The van der Waals surface area contributed by atoms with Crippen molar-refractivity contribution in [1.82, 2.24) is 5.32 Å². The van der Waals surface area contributed by atoms with Gasteiger partial charge >= 0.3 is 0 Å². The molecule has 0 aromatic carbocycles. The number of nitrogens with one attached hydrogen (secondary N) is 1. The van der Waals surface area contributed by atoms with Gasteiger partial charge in [0.05, 0.1) is 0 Å². The second kappa shape index (κ2) is 16.6. The predicted molar refractivity (Wildman–Crippen MR) is 118 cm³/mol. The molecular formula is C23H43N3O. The smallest absolute Gasteiger partial charge is 0.223 e. The normalized spacial score (nSPS) is 15.5. The number of allylic oxidation sites excluding steroid dienone is 2. The van der Waals surface area contributed by atoms with Crippen LogP contribution < -0.4 is 16.8 Å².